The summed E-state index contributed by atoms with van der Waals surface area (Å²) in [5.74, 6) is -4.17. The number of carbonyl (C=O) groups is 2. The normalized spacial score (nSPS) is 19.0. The van der Waals surface area contributed by atoms with Crippen LogP contribution in [-0.4, -0.2) is 67.0 Å². The zero-order valence-electron chi connectivity index (χ0n) is 22.4. The second-order valence-corrected chi connectivity index (χ2v) is 10.4. The molecule has 210 valence electrons. The molecule has 1 aromatic heterocycles. The van der Waals surface area contributed by atoms with Crippen LogP contribution in [-0.2, 0) is 0 Å². The molecule has 3 aromatic rings. The number of pyridine rings is 1. The molecule has 7 nitrogen and oxygen atoms in total. The van der Waals surface area contributed by atoms with E-state index in [0.29, 0.717) is 49.4 Å². The Kier molecular flexibility index (Phi) is 7.69. The van der Waals surface area contributed by atoms with E-state index in [1.807, 2.05) is 0 Å². The highest BCUT2D eigenvalue weighted by atomic mass is 19.1. The third kappa shape index (κ3) is 5.10. The van der Waals surface area contributed by atoms with Crippen LogP contribution < -0.4 is 9.47 Å². The van der Waals surface area contributed by atoms with E-state index in [2.05, 4.69) is 4.98 Å². The van der Waals surface area contributed by atoms with E-state index in [-0.39, 0.29) is 28.5 Å². The molecule has 10 heteroatoms. The molecule has 1 atom stereocenters. The number of piperidine rings is 2. The first-order chi connectivity index (χ1) is 19.3. The number of amides is 2. The molecule has 40 heavy (non-hydrogen) atoms. The molecule has 3 heterocycles. The van der Waals surface area contributed by atoms with Crippen LogP contribution in [0, 0.1) is 22.9 Å². The topological polar surface area (TPSA) is 72.0 Å². The molecule has 0 N–H and O–H groups in total. The van der Waals surface area contributed by atoms with E-state index in [0.717, 1.165) is 32.4 Å². The van der Waals surface area contributed by atoms with Crippen LogP contribution in [0.3, 0.4) is 0 Å². The number of likely N-dealkylation sites (tertiary alicyclic amines) is 2. The van der Waals surface area contributed by atoms with Gasteiger partial charge in [0.2, 0.25) is 5.82 Å². The van der Waals surface area contributed by atoms with Crippen LogP contribution in [0.25, 0.3) is 11.3 Å². The minimum absolute atomic E-state index is 0.186. The Morgan fingerprint density at radius 1 is 0.850 bits per heavy atom. The number of hydrogen-bond acceptors (Lipinski definition) is 5. The predicted molar refractivity (Wildman–Crippen MR) is 142 cm³/mol. The molecular weight excluding hydrogens is 523 g/mol. The lowest BCUT2D eigenvalue weighted by Gasteiger charge is -2.48. The smallest absolute Gasteiger partial charge is 0.257 e. The van der Waals surface area contributed by atoms with Gasteiger partial charge in [-0.05, 0) is 68.1 Å². The summed E-state index contributed by atoms with van der Waals surface area (Å²) in [7, 11) is 2.36. The zero-order chi connectivity index (χ0) is 28.4. The molecule has 2 aromatic carbocycles. The van der Waals surface area contributed by atoms with Gasteiger partial charge in [0, 0.05) is 43.4 Å². The maximum atomic E-state index is 15.1. The van der Waals surface area contributed by atoms with Gasteiger partial charge in [-0.15, -0.1) is 0 Å². The molecule has 2 fully saturated rings. The van der Waals surface area contributed by atoms with Gasteiger partial charge in [-0.2, -0.15) is 4.39 Å². The van der Waals surface area contributed by atoms with Crippen LogP contribution >= 0.6 is 0 Å². The maximum Gasteiger partial charge on any atom is 0.257 e. The van der Waals surface area contributed by atoms with Crippen molar-refractivity contribution in [3.05, 3.63) is 77.2 Å². The summed E-state index contributed by atoms with van der Waals surface area (Å²) in [6.45, 7) is 1.71. The summed E-state index contributed by atoms with van der Waals surface area (Å²) in [5, 5.41) is 0. The van der Waals surface area contributed by atoms with Gasteiger partial charge in [0.05, 0.1) is 31.0 Å². The van der Waals surface area contributed by atoms with Crippen molar-refractivity contribution in [1.82, 2.24) is 14.8 Å². The van der Waals surface area contributed by atoms with E-state index >= 15 is 4.39 Å². The molecule has 2 aliphatic heterocycles. The van der Waals surface area contributed by atoms with Gasteiger partial charge in [0.15, 0.2) is 17.3 Å². The largest absolute Gasteiger partial charge is 0.494 e. The molecule has 0 aliphatic carbocycles. The third-order valence-corrected chi connectivity index (χ3v) is 7.83. The van der Waals surface area contributed by atoms with Crippen LogP contribution in [0.4, 0.5) is 13.2 Å². The van der Waals surface area contributed by atoms with E-state index in [4.69, 9.17) is 9.47 Å². The summed E-state index contributed by atoms with van der Waals surface area (Å²) in [5.41, 5.74) is 0.837. The van der Waals surface area contributed by atoms with Crippen LogP contribution in [0.15, 0.2) is 48.7 Å². The number of carbonyl (C=O) groups excluding carboxylic acids is 2. The van der Waals surface area contributed by atoms with E-state index in [1.54, 1.807) is 40.3 Å². The Morgan fingerprint density at radius 2 is 1.48 bits per heavy atom. The van der Waals surface area contributed by atoms with Crippen molar-refractivity contribution in [1.29, 1.82) is 0 Å². The Labute approximate surface area is 230 Å². The molecule has 0 bridgehead atoms. The van der Waals surface area contributed by atoms with Gasteiger partial charge >= 0.3 is 0 Å². The fourth-order valence-electron chi connectivity index (χ4n) is 5.92. The highest BCUT2D eigenvalue weighted by Crippen LogP contribution is 2.40. The minimum atomic E-state index is -1.07. The summed E-state index contributed by atoms with van der Waals surface area (Å²) in [6.07, 6.45) is 4.62. The number of methoxy groups -OCH3 is 2. The van der Waals surface area contributed by atoms with Gasteiger partial charge in [0.1, 0.15) is 5.82 Å². The number of halogens is 3. The SMILES string of the molecule is COc1cc(C(=O)N2CCCC3(CCCN(C(=O)c4cccnc4-c4ccc(F)cc4)C3)C2)c(F)c(OC)c1F. The first-order valence-electron chi connectivity index (χ1n) is 13.2. The first-order valence-corrected chi connectivity index (χ1v) is 13.2. The van der Waals surface area contributed by atoms with Crippen molar-refractivity contribution in [2.45, 2.75) is 25.7 Å². The molecule has 2 aliphatic rings. The average Bonchev–Trinajstić information content (AvgIpc) is 2.97. The number of rotatable bonds is 5. The number of ether oxygens (including phenoxy) is 2. The van der Waals surface area contributed by atoms with Gasteiger partial charge in [-0.25, -0.2) is 8.78 Å². The highest BCUT2D eigenvalue weighted by molar-refractivity contribution is 6.00. The Hall–Kier alpha value is -4.08. The van der Waals surface area contributed by atoms with Crippen molar-refractivity contribution in [2.75, 3.05) is 40.4 Å². The van der Waals surface area contributed by atoms with E-state index in [1.165, 1.54) is 19.2 Å². The molecule has 0 radical (unpaired) electrons. The first kappa shape index (κ1) is 27.5. The average molecular weight is 554 g/mol. The van der Waals surface area contributed by atoms with Gasteiger partial charge in [-0.1, -0.05) is 0 Å². The molecule has 5 rings (SSSR count). The van der Waals surface area contributed by atoms with E-state index < -0.39 is 23.3 Å². The van der Waals surface area contributed by atoms with Gasteiger partial charge < -0.3 is 19.3 Å². The Morgan fingerprint density at radius 3 is 2.08 bits per heavy atom. The molecule has 1 unspecified atom stereocenters. The molecule has 2 saturated heterocycles. The zero-order valence-corrected chi connectivity index (χ0v) is 22.4. The second-order valence-electron chi connectivity index (χ2n) is 10.4. The van der Waals surface area contributed by atoms with Crippen LogP contribution in [0.2, 0.25) is 0 Å². The second kappa shape index (κ2) is 11.2. The summed E-state index contributed by atoms with van der Waals surface area (Å²) >= 11 is 0. The maximum absolute atomic E-state index is 15.1. The number of aromatic nitrogens is 1. The lowest BCUT2D eigenvalue weighted by atomic mass is 9.73. The Balaban J connectivity index is 1.38. The Bertz CT molecular complexity index is 1430. The standard InChI is InChI=1S/C30H30F3N3O4/c1-39-23-16-22(24(32)27(40-2)25(23)33)29(38)36-15-5-12-30(18-36)11-4-14-35(17-30)28(37)21-6-3-13-34-26(21)19-7-9-20(31)10-8-19/h3,6-10,13,16H,4-5,11-12,14-15,17-18H2,1-2H3. The summed E-state index contributed by atoms with van der Waals surface area (Å²) in [6, 6.07) is 10.3. The molecular formula is C30H30F3N3O4. The summed E-state index contributed by atoms with van der Waals surface area (Å²) in [4.78, 5) is 35.0. The molecule has 1 spiro atoms. The quantitative estimate of drug-likeness (QED) is 0.427. The summed E-state index contributed by atoms with van der Waals surface area (Å²) < 4.78 is 52.9. The number of benzene rings is 2. The van der Waals surface area contributed by atoms with Crippen molar-refractivity contribution >= 4 is 11.8 Å². The number of hydrogen-bond donors (Lipinski definition) is 0. The van der Waals surface area contributed by atoms with Crippen LogP contribution in [0.5, 0.6) is 11.5 Å². The van der Waals surface area contributed by atoms with Crippen molar-refractivity contribution < 1.29 is 32.2 Å². The lowest BCUT2D eigenvalue weighted by molar-refractivity contribution is 0.0139. The van der Waals surface area contributed by atoms with Gasteiger partial charge in [0.25, 0.3) is 11.8 Å². The van der Waals surface area contributed by atoms with Crippen molar-refractivity contribution in [3.63, 3.8) is 0 Å². The van der Waals surface area contributed by atoms with Crippen LogP contribution in [0.1, 0.15) is 46.4 Å². The fraction of sp³-hybridized carbons (Fsp3) is 0.367. The predicted octanol–water partition coefficient (Wildman–Crippen LogP) is 5.34. The third-order valence-electron chi connectivity index (χ3n) is 7.83. The molecule has 0 saturated carbocycles. The van der Waals surface area contributed by atoms with Gasteiger partial charge in [-0.3, -0.25) is 14.6 Å². The van der Waals surface area contributed by atoms with Crippen molar-refractivity contribution in [2.24, 2.45) is 5.41 Å². The highest BCUT2D eigenvalue weighted by Gasteiger charge is 2.42. The lowest BCUT2D eigenvalue weighted by Crippen LogP contribution is -2.54. The van der Waals surface area contributed by atoms with Crippen molar-refractivity contribution in [3.8, 4) is 22.8 Å². The number of nitrogens with zero attached hydrogens (tertiary/aromatic N) is 3. The monoisotopic (exact) mass is 553 g/mol. The fourth-order valence-corrected chi connectivity index (χ4v) is 5.92. The molecule has 2 amide bonds. The van der Waals surface area contributed by atoms with E-state index in [9.17, 15) is 18.4 Å². The minimum Gasteiger partial charge on any atom is -0.494 e.